The largest absolute Gasteiger partial charge is 0.399 e. The molecule has 1 aromatic carbocycles. The Balaban J connectivity index is 1.31. The number of piperidine rings is 2. The van der Waals surface area contributed by atoms with E-state index in [9.17, 15) is 14.4 Å². The fourth-order valence-corrected chi connectivity index (χ4v) is 5.63. The van der Waals surface area contributed by atoms with Gasteiger partial charge in [-0.15, -0.1) is 0 Å². The van der Waals surface area contributed by atoms with Crippen LogP contribution in [-0.4, -0.2) is 40.9 Å². The average Bonchev–Trinajstić information content (AvgIpc) is 2.77. The zero-order chi connectivity index (χ0) is 18.1. The summed E-state index contributed by atoms with van der Waals surface area (Å²) in [6.07, 6.45) is 5.51. The molecule has 5 aliphatic rings. The number of benzene rings is 1. The maximum Gasteiger partial charge on any atom is 0.262 e. The lowest BCUT2D eigenvalue weighted by atomic mass is 9.62. The van der Waals surface area contributed by atoms with Crippen molar-refractivity contribution in [1.29, 1.82) is 0 Å². The van der Waals surface area contributed by atoms with E-state index in [1.807, 2.05) is 0 Å². The zero-order valence-corrected chi connectivity index (χ0v) is 14.5. The second-order valence-electron chi connectivity index (χ2n) is 8.32. The molecule has 2 atom stereocenters. The Morgan fingerprint density at radius 3 is 2.54 bits per heavy atom. The van der Waals surface area contributed by atoms with E-state index in [4.69, 9.17) is 5.73 Å². The van der Waals surface area contributed by atoms with Gasteiger partial charge in [-0.05, 0) is 62.1 Å². The highest BCUT2D eigenvalue weighted by Crippen LogP contribution is 2.48. The summed E-state index contributed by atoms with van der Waals surface area (Å²) in [5.74, 6) is 0.152. The SMILES string of the molecule is Nc1ccc2c(c1)C(=O)N(CC(=O)NC13CC4CC(CC(C4)N1)C3)C2=O. The second kappa shape index (κ2) is 5.30. The third-order valence-electron chi connectivity index (χ3n) is 6.33. The molecule has 0 aromatic heterocycles. The summed E-state index contributed by atoms with van der Waals surface area (Å²) in [6, 6.07) is 5.11. The molecule has 2 saturated heterocycles. The lowest BCUT2D eigenvalue weighted by molar-refractivity contribution is -0.127. The number of amides is 3. The number of hydrogen-bond donors (Lipinski definition) is 3. The zero-order valence-electron chi connectivity index (χ0n) is 14.5. The van der Waals surface area contributed by atoms with Crippen LogP contribution in [0.1, 0.15) is 52.8 Å². The van der Waals surface area contributed by atoms with E-state index in [1.165, 1.54) is 25.3 Å². The van der Waals surface area contributed by atoms with Gasteiger partial charge in [0, 0.05) is 11.7 Å². The number of carbonyl (C=O) groups excluding carboxylic acids is 3. The molecule has 3 amide bonds. The Morgan fingerprint density at radius 1 is 1.15 bits per heavy atom. The first kappa shape index (κ1) is 15.8. The molecule has 0 radical (unpaired) electrons. The van der Waals surface area contributed by atoms with Crippen LogP contribution in [0.2, 0.25) is 0 Å². The lowest BCUT2D eigenvalue weighted by Gasteiger charge is -2.57. The first-order chi connectivity index (χ1) is 12.4. The summed E-state index contributed by atoms with van der Waals surface area (Å²) in [5, 5.41) is 6.70. The predicted octanol–water partition coefficient (Wildman–Crippen LogP) is 0.859. The van der Waals surface area contributed by atoms with Gasteiger partial charge in [0.05, 0.1) is 16.8 Å². The van der Waals surface area contributed by atoms with E-state index in [2.05, 4.69) is 10.6 Å². The molecular formula is C19H22N4O3. The molecule has 4 N–H and O–H groups in total. The van der Waals surface area contributed by atoms with Crippen molar-refractivity contribution in [3.63, 3.8) is 0 Å². The highest BCUT2D eigenvalue weighted by atomic mass is 16.2. The monoisotopic (exact) mass is 354 g/mol. The van der Waals surface area contributed by atoms with Crippen molar-refractivity contribution in [3.05, 3.63) is 29.3 Å². The number of nitrogen functional groups attached to an aromatic ring is 1. The van der Waals surface area contributed by atoms with Gasteiger partial charge < -0.3 is 11.1 Å². The number of nitrogens with zero attached hydrogens (tertiary/aromatic N) is 1. The highest BCUT2D eigenvalue weighted by molar-refractivity contribution is 6.22. The fraction of sp³-hybridized carbons (Fsp3) is 0.526. The van der Waals surface area contributed by atoms with Gasteiger partial charge in [-0.3, -0.25) is 24.6 Å². The first-order valence-corrected chi connectivity index (χ1v) is 9.27. The molecule has 4 bridgehead atoms. The van der Waals surface area contributed by atoms with Crippen molar-refractivity contribution in [2.24, 2.45) is 11.8 Å². The number of carbonyl (C=O) groups is 3. The molecule has 26 heavy (non-hydrogen) atoms. The molecule has 3 heterocycles. The van der Waals surface area contributed by atoms with E-state index < -0.39 is 11.8 Å². The Hall–Kier alpha value is -2.41. The molecule has 1 aromatic rings. The third kappa shape index (κ3) is 2.34. The van der Waals surface area contributed by atoms with Crippen LogP contribution in [-0.2, 0) is 4.79 Å². The second-order valence-corrected chi connectivity index (χ2v) is 8.32. The van der Waals surface area contributed by atoms with Crippen molar-refractivity contribution >= 4 is 23.4 Å². The van der Waals surface area contributed by atoms with Crippen LogP contribution in [0.5, 0.6) is 0 Å². The van der Waals surface area contributed by atoms with Gasteiger partial charge in [-0.2, -0.15) is 0 Å². The molecule has 0 spiro atoms. The van der Waals surface area contributed by atoms with E-state index in [0.717, 1.165) is 17.7 Å². The van der Waals surface area contributed by atoms with E-state index in [1.54, 1.807) is 12.1 Å². The van der Waals surface area contributed by atoms with Crippen LogP contribution in [0.3, 0.4) is 0 Å². The van der Waals surface area contributed by atoms with Gasteiger partial charge in [0.1, 0.15) is 6.54 Å². The number of rotatable bonds is 3. The smallest absolute Gasteiger partial charge is 0.262 e. The Bertz CT molecular complexity index is 799. The lowest BCUT2D eigenvalue weighted by Crippen LogP contribution is -2.71. The summed E-state index contributed by atoms with van der Waals surface area (Å²) in [5.41, 5.74) is 6.35. The van der Waals surface area contributed by atoms with Crippen molar-refractivity contribution in [1.82, 2.24) is 15.5 Å². The number of anilines is 1. The van der Waals surface area contributed by atoms with Gasteiger partial charge in [-0.25, -0.2) is 0 Å². The maximum atomic E-state index is 12.7. The van der Waals surface area contributed by atoms with Gasteiger partial charge >= 0.3 is 0 Å². The normalized spacial score (nSPS) is 34.3. The van der Waals surface area contributed by atoms with Crippen molar-refractivity contribution in [3.8, 4) is 0 Å². The van der Waals surface area contributed by atoms with Crippen LogP contribution in [0.4, 0.5) is 5.69 Å². The van der Waals surface area contributed by atoms with Crippen molar-refractivity contribution in [2.75, 3.05) is 12.3 Å². The maximum absolute atomic E-state index is 12.7. The minimum absolute atomic E-state index is 0.254. The van der Waals surface area contributed by atoms with Gasteiger partial charge in [-0.1, -0.05) is 0 Å². The molecule has 136 valence electrons. The molecule has 7 nitrogen and oxygen atoms in total. The Morgan fingerprint density at radius 2 is 1.85 bits per heavy atom. The van der Waals surface area contributed by atoms with Crippen molar-refractivity contribution < 1.29 is 14.4 Å². The van der Waals surface area contributed by atoms with Crippen molar-refractivity contribution in [2.45, 2.75) is 43.8 Å². The number of nitrogens with two attached hydrogens (primary N) is 1. The van der Waals surface area contributed by atoms with Gasteiger partial charge in [0.2, 0.25) is 5.91 Å². The summed E-state index contributed by atoms with van der Waals surface area (Å²) in [4.78, 5) is 38.7. The van der Waals surface area contributed by atoms with Crippen LogP contribution >= 0.6 is 0 Å². The molecule has 6 rings (SSSR count). The fourth-order valence-electron chi connectivity index (χ4n) is 5.63. The molecule has 2 unspecified atom stereocenters. The molecular weight excluding hydrogens is 332 g/mol. The molecule has 2 aliphatic carbocycles. The van der Waals surface area contributed by atoms with Crippen LogP contribution in [0.25, 0.3) is 0 Å². The van der Waals surface area contributed by atoms with Gasteiger partial charge in [0.15, 0.2) is 0 Å². The number of imide groups is 1. The average molecular weight is 354 g/mol. The first-order valence-electron chi connectivity index (χ1n) is 9.27. The van der Waals surface area contributed by atoms with E-state index in [-0.39, 0.29) is 23.7 Å². The Labute approximate surface area is 151 Å². The van der Waals surface area contributed by atoms with Crippen LogP contribution in [0.15, 0.2) is 18.2 Å². The summed E-state index contributed by atoms with van der Waals surface area (Å²) < 4.78 is 0. The van der Waals surface area contributed by atoms with Gasteiger partial charge in [0.25, 0.3) is 11.8 Å². The topological polar surface area (TPSA) is 105 Å². The minimum Gasteiger partial charge on any atom is -0.399 e. The molecule has 3 aliphatic heterocycles. The summed E-state index contributed by atoms with van der Waals surface area (Å²) >= 11 is 0. The quantitative estimate of drug-likeness (QED) is 0.552. The molecule has 7 heteroatoms. The van der Waals surface area contributed by atoms with E-state index in [0.29, 0.717) is 29.1 Å². The van der Waals surface area contributed by atoms with E-state index >= 15 is 0 Å². The summed E-state index contributed by atoms with van der Waals surface area (Å²) in [6.45, 7) is -0.254. The predicted molar refractivity (Wildman–Crippen MR) is 94.1 cm³/mol. The Kier molecular flexibility index (Phi) is 3.22. The standard InChI is InChI=1S/C19H22N4O3/c20-12-1-2-14-15(6-12)18(26)23(17(14)25)9-16(24)22-19-7-10-3-11(8-19)5-13(4-10)21-19/h1-2,6,10-11,13,21H,3-5,7-9,20H2,(H,22,24). The number of fused-ring (bicyclic) bond motifs is 1. The number of nitrogens with one attached hydrogen (secondary N) is 2. The number of hydrogen-bond acceptors (Lipinski definition) is 5. The summed E-state index contributed by atoms with van der Waals surface area (Å²) in [7, 11) is 0. The van der Waals surface area contributed by atoms with Crippen LogP contribution in [0, 0.1) is 11.8 Å². The minimum atomic E-state index is -0.453. The molecule has 2 saturated carbocycles. The van der Waals surface area contributed by atoms with Crippen LogP contribution < -0.4 is 16.4 Å². The molecule has 4 fully saturated rings. The third-order valence-corrected chi connectivity index (χ3v) is 6.33. The highest BCUT2D eigenvalue weighted by Gasteiger charge is 2.51.